The van der Waals surface area contributed by atoms with Crippen molar-refractivity contribution < 1.29 is 24.2 Å². The van der Waals surface area contributed by atoms with Crippen molar-refractivity contribution in [3.63, 3.8) is 0 Å². The molecule has 6 nitrogen and oxygen atoms in total. The van der Waals surface area contributed by atoms with Crippen molar-refractivity contribution in [3.8, 4) is 11.5 Å². The van der Waals surface area contributed by atoms with E-state index in [9.17, 15) is 14.7 Å². The van der Waals surface area contributed by atoms with Gasteiger partial charge in [-0.1, -0.05) is 12.1 Å². The third kappa shape index (κ3) is 3.91. The summed E-state index contributed by atoms with van der Waals surface area (Å²) in [6.07, 6.45) is 3.00. The largest absolute Gasteiger partial charge is 0.504 e. The van der Waals surface area contributed by atoms with Gasteiger partial charge < -0.3 is 19.6 Å². The summed E-state index contributed by atoms with van der Waals surface area (Å²) in [7, 11) is 1.46. The van der Waals surface area contributed by atoms with Crippen LogP contribution in [0.2, 0.25) is 0 Å². The van der Waals surface area contributed by atoms with Gasteiger partial charge in [-0.3, -0.25) is 4.79 Å². The van der Waals surface area contributed by atoms with E-state index >= 15 is 0 Å². The molecule has 1 heterocycles. The van der Waals surface area contributed by atoms with Crippen LogP contribution in [0.15, 0.2) is 24.3 Å². The summed E-state index contributed by atoms with van der Waals surface area (Å²) in [5, 5.41) is 9.78. The first-order valence-corrected chi connectivity index (χ1v) is 7.84. The number of ether oxygens (including phenoxy) is 2. The molecule has 0 radical (unpaired) electrons. The number of aryl methyl sites for hydroxylation is 1. The molecule has 25 heavy (non-hydrogen) atoms. The molecule has 1 aromatic carbocycles. The average molecular weight is 343 g/mol. The number of aromatic amines is 1. The maximum atomic E-state index is 12.5. The summed E-state index contributed by atoms with van der Waals surface area (Å²) in [6, 6.07) is 4.85. The van der Waals surface area contributed by atoms with E-state index in [2.05, 4.69) is 4.98 Å². The van der Waals surface area contributed by atoms with Gasteiger partial charge in [0.15, 0.2) is 17.3 Å². The number of esters is 1. The third-order valence-corrected chi connectivity index (χ3v) is 3.79. The SMILES string of the molecule is CCOC(=O)c1[nH]c(C)c(C(=O)C=Cc2ccc(OC)c(O)c2)c1C. The molecule has 0 saturated heterocycles. The van der Waals surface area contributed by atoms with E-state index in [1.807, 2.05) is 0 Å². The van der Waals surface area contributed by atoms with Crippen LogP contribution in [0.3, 0.4) is 0 Å². The van der Waals surface area contributed by atoms with E-state index in [-0.39, 0.29) is 23.8 Å². The number of rotatable bonds is 6. The second-order valence-electron chi connectivity index (χ2n) is 5.47. The number of carbonyl (C=O) groups is 2. The van der Waals surface area contributed by atoms with Crippen LogP contribution in [-0.2, 0) is 4.74 Å². The van der Waals surface area contributed by atoms with Crippen molar-refractivity contribution in [2.24, 2.45) is 0 Å². The lowest BCUT2D eigenvalue weighted by molar-refractivity contribution is 0.0519. The first kappa shape index (κ1) is 18.3. The van der Waals surface area contributed by atoms with Crippen LogP contribution in [0, 0.1) is 13.8 Å². The highest BCUT2D eigenvalue weighted by Crippen LogP contribution is 2.27. The molecule has 0 spiro atoms. The van der Waals surface area contributed by atoms with Crippen molar-refractivity contribution in [3.05, 3.63) is 52.4 Å². The number of aromatic hydroxyl groups is 1. The van der Waals surface area contributed by atoms with E-state index in [4.69, 9.17) is 9.47 Å². The standard InChI is InChI=1S/C19H21NO5/c1-5-25-19(23)18-11(2)17(12(3)20-18)14(21)8-6-13-7-9-16(24-4)15(22)10-13/h6-10,20,22H,5H2,1-4H3. The zero-order valence-corrected chi connectivity index (χ0v) is 14.7. The molecule has 0 aliphatic rings. The maximum Gasteiger partial charge on any atom is 0.355 e. The monoisotopic (exact) mass is 343 g/mol. The number of phenolic OH excluding ortho intramolecular Hbond substituents is 1. The first-order valence-electron chi connectivity index (χ1n) is 7.84. The van der Waals surface area contributed by atoms with Crippen molar-refractivity contribution in [2.75, 3.05) is 13.7 Å². The van der Waals surface area contributed by atoms with E-state index in [1.54, 1.807) is 39.0 Å². The summed E-state index contributed by atoms with van der Waals surface area (Å²) in [4.78, 5) is 27.3. The highest BCUT2D eigenvalue weighted by atomic mass is 16.5. The first-order chi connectivity index (χ1) is 11.9. The van der Waals surface area contributed by atoms with Crippen LogP contribution in [-0.4, -0.2) is 35.6 Å². The van der Waals surface area contributed by atoms with Gasteiger partial charge in [0.1, 0.15) is 5.69 Å². The van der Waals surface area contributed by atoms with E-state index in [0.717, 1.165) is 0 Å². The van der Waals surface area contributed by atoms with Gasteiger partial charge in [-0.05, 0) is 50.1 Å². The second kappa shape index (κ2) is 7.70. The molecule has 1 aromatic heterocycles. The number of ketones is 1. The Morgan fingerprint density at radius 3 is 2.60 bits per heavy atom. The Hall–Kier alpha value is -3.02. The van der Waals surface area contributed by atoms with E-state index in [1.165, 1.54) is 19.3 Å². The van der Waals surface area contributed by atoms with E-state index in [0.29, 0.717) is 28.1 Å². The molecular weight excluding hydrogens is 322 g/mol. The smallest absolute Gasteiger partial charge is 0.355 e. The van der Waals surface area contributed by atoms with Crippen molar-refractivity contribution in [1.29, 1.82) is 0 Å². The fourth-order valence-corrected chi connectivity index (χ4v) is 2.59. The lowest BCUT2D eigenvalue weighted by atomic mass is 10.0. The Morgan fingerprint density at radius 1 is 1.28 bits per heavy atom. The number of phenols is 1. The Morgan fingerprint density at radius 2 is 2.00 bits per heavy atom. The molecule has 0 fully saturated rings. The van der Waals surface area contributed by atoms with Gasteiger partial charge in [-0.15, -0.1) is 0 Å². The third-order valence-electron chi connectivity index (χ3n) is 3.79. The van der Waals surface area contributed by atoms with Crippen LogP contribution < -0.4 is 4.74 Å². The van der Waals surface area contributed by atoms with Crippen molar-refractivity contribution >= 4 is 17.8 Å². The molecule has 0 amide bonds. The predicted octanol–water partition coefficient (Wildman–Crippen LogP) is 3.42. The molecule has 0 unspecified atom stereocenters. The highest BCUT2D eigenvalue weighted by molar-refractivity contribution is 6.10. The van der Waals surface area contributed by atoms with Gasteiger partial charge in [0, 0.05) is 11.3 Å². The maximum absolute atomic E-state index is 12.5. The number of nitrogens with one attached hydrogen (secondary N) is 1. The Kier molecular flexibility index (Phi) is 5.64. The number of allylic oxidation sites excluding steroid dienone is 1. The predicted molar refractivity (Wildman–Crippen MR) is 94.2 cm³/mol. The van der Waals surface area contributed by atoms with E-state index < -0.39 is 5.97 Å². The van der Waals surface area contributed by atoms with Gasteiger partial charge in [-0.25, -0.2) is 4.79 Å². The van der Waals surface area contributed by atoms with Crippen LogP contribution in [0.5, 0.6) is 11.5 Å². The molecule has 0 bridgehead atoms. The van der Waals surface area contributed by atoms with Crippen LogP contribution >= 0.6 is 0 Å². The molecule has 132 valence electrons. The van der Waals surface area contributed by atoms with Gasteiger partial charge in [0.2, 0.25) is 0 Å². The van der Waals surface area contributed by atoms with Crippen LogP contribution in [0.4, 0.5) is 0 Å². The lowest BCUT2D eigenvalue weighted by Gasteiger charge is -2.03. The van der Waals surface area contributed by atoms with Gasteiger partial charge in [-0.2, -0.15) is 0 Å². The average Bonchev–Trinajstić information content (AvgIpc) is 2.87. The summed E-state index contributed by atoms with van der Waals surface area (Å²) < 4.78 is 9.96. The molecule has 2 rings (SSSR count). The number of hydrogen-bond donors (Lipinski definition) is 2. The zero-order valence-electron chi connectivity index (χ0n) is 14.7. The number of benzene rings is 1. The molecule has 0 aliphatic heterocycles. The lowest BCUT2D eigenvalue weighted by Crippen LogP contribution is -2.07. The van der Waals surface area contributed by atoms with Gasteiger partial charge in [0.25, 0.3) is 0 Å². The number of aromatic nitrogens is 1. The van der Waals surface area contributed by atoms with Gasteiger partial charge in [0.05, 0.1) is 13.7 Å². The second-order valence-corrected chi connectivity index (χ2v) is 5.47. The van der Waals surface area contributed by atoms with Crippen LogP contribution in [0.1, 0.15) is 44.6 Å². The quantitative estimate of drug-likeness (QED) is 0.477. The highest BCUT2D eigenvalue weighted by Gasteiger charge is 2.21. The van der Waals surface area contributed by atoms with Crippen LogP contribution in [0.25, 0.3) is 6.08 Å². The zero-order chi connectivity index (χ0) is 18.6. The van der Waals surface area contributed by atoms with Gasteiger partial charge >= 0.3 is 5.97 Å². The van der Waals surface area contributed by atoms with Crippen molar-refractivity contribution in [1.82, 2.24) is 4.98 Å². The Labute approximate surface area is 146 Å². The number of H-pyrrole nitrogens is 1. The number of hydrogen-bond acceptors (Lipinski definition) is 5. The summed E-state index contributed by atoms with van der Waals surface area (Å²) in [5.74, 6) is -0.362. The molecule has 2 N–H and O–H groups in total. The molecule has 2 aromatic rings. The fraction of sp³-hybridized carbons (Fsp3) is 0.263. The number of methoxy groups -OCH3 is 1. The normalized spacial score (nSPS) is 10.9. The minimum Gasteiger partial charge on any atom is -0.504 e. The molecule has 0 atom stereocenters. The minimum absolute atomic E-state index is 0.00398. The molecule has 6 heteroatoms. The Bertz CT molecular complexity index is 833. The number of carbonyl (C=O) groups excluding carboxylic acids is 2. The topological polar surface area (TPSA) is 88.6 Å². The molecule has 0 aliphatic carbocycles. The fourth-order valence-electron chi connectivity index (χ4n) is 2.59. The summed E-state index contributed by atoms with van der Waals surface area (Å²) in [5.41, 5.74) is 2.55. The van der Waals surface area contributed by atoms with Crippen molar-refractivity contribution in [2.45, 2.75) is 20.8 Å². The molecule has 0 saturated carbocycles. The summed E-state index contributed by atoms with van der Waals surface area (Å²) >= 11 is 0. The summed E-state index contributed by atoms with van der Waals surface area (Å²) in [6.45, 7) is 5.43. The minimum atomic E-state index is -0.480. The molecular formula is C19H21NO5. The Balaban J connectivity index is 2.26.